The molecule has 3 aromatic rings. The third-order valence-corrected chi connectivity index (χ3v) is 7.64. The summed E-state index contributed by atoms with van der Waals surface area (Å²) in [5.74, 6) is 0.210. The Kier molecular flexibility index (Phi) is 11.8. The van der Waals surface area contributed by atoms with Crippen molar-refractivity contribution in [1.29, 1.82) is 0 Å². The van der Waals surface area contributed by atoms with Crippen molar-refractivity contribution >= 4 is 35.3 Å². The van der Waals surface area contributed by atoms with E-state index in [2.05, 4.69) is 56.2 Å². The van der Waals surface area contributed by atoms with Crippen molar-refractivity contribution in [2.45, 2.75) is 71.2 Å². The van der Waals surface area contributed by atoms with Crippen LogP contribution in [0.4, 0.5) is 0 Å². The number of carbonyl (C=O) groups excluding carboxylic acids is 2. The Hall–Kier alpha value is -3.65. The van der Waals surface area contributed by atoms with Gasteiger partial charge in [-0.25, -0.2) is 4.68 Å². The van der Waals surface area contributed by atoms with Crippen LogP contribution in [0.3, 0.4) is 0 Å². The second-order valence-corrected chi connectivity index (χ2v) is 10.8. The number of hydrogen-bond acceptors (Lipinski definition) is 6. The Balaban J connectivity index is 1.90. The minimum absolute atomic E-state index is 0.156. The number of benzene rings is 1. The molecule has 2 heterocycles. The zero-order chi connectivity index (χ0) is 29.1. The first-order valence-electron chi connectivity index (χ1n) is 13.8. The summed E-state index contributed by atoms with van der Waals surface area (Å²) in [4.78, 5) is 30.6. The van der Waals surface area contributed by atoms with E-state index in [1.165, 1.54) is 18.2 Å². The Morgan fingerprint density at radius 1 is 1.15 bits per heavy atom. The van der Waals surface area contributed by atoms with Gasteiger partial charge in [0.1, 0.15) is 0 Å². The van der Waals surface area contributed by atoms with Gasteiger partial charge in [-0.3, -0.25) is 14.6 Å². The van der Waals surface area contributed by atoms with Gasteiger partial charge in [0, 0.05) is 34.2 Å². The maximum Gasteiger partial charge on any atom is 0.306 e. The summed E-state index contributed by atoms with van der Waals surface area (Å²) < 4.78 is 6.63. The molecule has 212 valence electrons. The maximum atomic E-state index is 13.8. The predicted octanol–water partition coefficient (Wildman–Crippen LogP) is 7.11. The summed E-state index contributed by atoms with van der Waals surface area (Å²) in [6, 6.07) is 10.0. The molecule has 1 unspecified atom stereocenters. The van der Waals surface area contributed by atoms with Gasteiger partial charge in [-0.15, -0.1) is 11.8 Å². The van der Waals surface area contributed by atoms with E-state index in [0.717, 1.165) is 46.7 Å². The molecule has 0 aliphatic rings. The number of aryl methyl sites for hydroxylation is 1. The maximum absolute atomic E-state index is 13.8. The zero-order valence-corrected chi connectivity index (χ0v) is 25.2. The lowest BCUT2D eigenvalue weighted by Crippen LogP contribution is -2.29. The molecule has 3 rings (SSSR count). The van der Waals surface area contributed by atoms with Crippen LogP contribution < -0.4 is 5.32 Å². The van der Waals surface area contributed by atoms with E-state index < -0.39 is 0 Å². The molecular weight excluding hydrogens is 520 g/mol. The fraction of sp³-hybridized carbons (Fsp3) is 0.375. The first kappa shape index (κ1) is 30.9. The highest BCUT2D eigenvalue weighted by Crippen LogP contribution is 2.28. The second kappa shape index (κ2) is 15.2. The van der Waals surface area contributed by atoms with Crippen LogP contribution >= 0.6 is 11.8 Å². The second-order valence-electron chi connectivity index (χ2n) is 9.68. The first-order valence-corrected chi connectivity index (χ1v) is 14.7. The molecule has 40 heavy (non-hydrogen) atoms. The third-order valence-electron chi connectivity index (χ3n) is 6.67. The van der Waals surface area contributed by atoms with Crippen molar-refractivity contribution < 1.29 is 14.3 Å². The van der Waals surface area contributed by atoms with Crippen LogP contribution in [-0.4, -0.2) is 39.5 Å². The Bertz CT molecular complexity index is 1360. The Morgan fingerprint density at radius 3 is 2.55 bits per heavy atom. The van der Waals surface area contributed by atoms with Crippen LogP contribution in [0.15, 0.2) is 65.5 Å². The number of rotatable bonds is 13. The van der Waals surface area contributed by atoms with Crippen LogP contribution in [0.25, 0.3) is 17.3 Å². The number of esters is 1. The molecule has 1 aromatic carbocycles. The van der Waals surface area contributed by atoms with Crippen molar-refractivity contribution in [3.05, 3.63) is 83.0 Å². The van der Waals surface area contributed by atoms with Gasteiger partial charge in [-0.05, 0) is 63.5 Å². The lowest BCUT2D eigenvalue weighted by atomic mass is 10.0. The van der Waals surface area contributed by atoms with Gasteiger partial charge >= 0.3 is 5.97 Å². The molecule has 0 aliphatic carbocycles. The number of pyridine rings is 1. The number of hydrogen-bond donors (Lipinski definition) is 1. The minimum Gasteiger partial charge on any atom is -0.469 e. The van der Waals surface area contributed by atoms with Gasteiger partial charge in [-0.2, -0.15) is 5.10 Å². The van der Waals surface area contributed by atoms with E-state index in [4.69, 9.17) is 9.84 Å². The number of allylic oxidation sites excluding steroid dienone is 2. The van der Waals surface area contributed by atoms with E-state index in [0.29, 0.717) is 17.7 Å². The van der Waals surface area contributed by atoms with Gasteiger partial charge in [0.05, 0.1) is 37.2 Å². The molecule has 0 bridgehead atoms. The van der Waals surface area contributed by atoms with Crippen LogP contribution in [0.5, 0.6) is 0 Å². The Morgan fingerprint density at radius 2 is 1.90 bits per heavy atom. The van der Waals surface area contributed by atoms with E-state index in [1.807, 2.05) is 35.9 Å². The average Bonchev–Trinajstić information content (AvgIpc) is 3.36. The number of aromatic nitrogens is 3. The van der Waals surface area contributed by atoms with Gasteiger partial charge in [0.15, 0.2) is 0 Å². The summed E-state index contributed by atoms with van der Waals surface area (Å²) >= 11 is 1.55. The van der Waals surface area contributed by atoms with Crippen molar-refractivity contribution in [3.8, 4) is 5.69 Å². The van der Waals surface area contributed by atoms with Gasteiger partial charge in [0.25, 0.3) is 5.91 Å². The topological polar surface area (TPSA) is 86.1 Å². The molecule has 0 fully saturated rings. The number of carbonyl (C=O) groups is 2. The number of thioether (sulfide) groups is 1. The summed E-state index contributed by atoms with van der Waals surface area (Å²) in [5.41, 5.74) is 6.49. The van der Waals surface area contributed by atoms with E-state index in [1.54, 1.807) is 30.4 Å². The number of nitrogens with one attached hydrogen (secondary N) is 1. The molecule has 0 saturated heterocycles. The standard InChI is InChI=1S/C32H40N4O3S/c1-7-10-29(24-18-26(20-33-19-24)40-16-15-31(37)39-6)35-32(38)27(9-3)28-21-34-36(30(28)17-22(4)8-2)25-13-11-23(5)12-14-25/h9,11-14,17-21,29H,7-8,10,15-16H2,1-6H3,(H,35,38)/b22-17+,27-9+. The molecular formula is C32H40N4O3S. The quantitative estimate of drug-likeness (QED) is 0.136. The highest BCUT2D eigenvalue weighted by atomic mass is 32.2. The molecule has 0 aliphatic heterocycles. The number of nitrogens with zero attached hydrogens (tertiary/aromatic N) is 3. The van der Waals surface area contributed by atoms with Crippen LogP contribution in [0, 0.1) is 6.92 Å². The lowest BCUT2D eigenvalue weighted by Gasteiger charge is -2.20. The van der Waals surface area contributed by atoms with Crippen molar-refractivity contribution in [2.75, 3.05) is 12.9 Å². The molecule has 1 N–H and O–H groups in total. The highest BCUT2D eigenvalue weighted by molar-refractivity contribution is 7.99. The normalized spacial score (nSPS) is 12.8. The van der Waals surface area contributed by atoms with Crippen molar-refractivity contribution in [1.82, 2.24) is 20.1 Å². The fourth-order valence-corrected chi connectivity index (χ4v) is 5.11. The lowest BCUT2D eigenvalue weighted by molar-refractivity contribution is -0.140. The van der Waals surface area contributed by atoms with Crippen molar-refractivity contribution in [2.24, 2.45) is 0 Å². The number of amides is 1. The summed E-state index contributed by atoms with van der Waals surface area (Å²) in [5, 5.41) is 7.95. The third kappa shape index (κ3) is 8.18. The summed E-state index contributed by atoms with van der Waals surface area (Å²) in [6.45, 7) is 10.2. The average molecular weight is 561 g/mol. The van der Waals surface area contributed by atoms with E-state index >= 15 is 0 Å². The minimum atomic E-state index is -0.235. The molecule has 7 nitrogen and oxygen atoms in total. The largest absolute Gasteiger partial charge is 0.469 e. The number of ether oxygens (including phenoxy) is 1. The predicted molar refractivity (Wildman–Crippen MR) is 163 cm³/mol. The first-order chi connectivity index (χ1) is 19.3. The number of methoxy groups -OCH3 is 1. The Labute approximate surface area is 242 Å². The van der Waals surface area contributed by atoms with Crippen LogP contribution in [0.1, 0.15) is 81.8 Å². The molecule has 2 aromatic heterocycles. The highest BCUT2D eigenvalue weighted by Gasteiger charge is 2.22. The monoisotopic (exact) mass is 560 g/mol. The molecule has 0 spiro atoms. The SMILES string of the molecule is C/C=C(/C(=O)NC(CCC)c1cncc(SCCC(=O)OC)c1)c1cnn(-c2ccc(C)cc2)c1/C=C(\C)CC. The molecule has 1 atom stereocenters. The smallest absolute Gasteiger partial charge is 0.306 e. The van der Waals surface area contributed by atoms with Crippen LogP contribution in [0.2, 0.25) is 0 Å². The molecule has 1 amide bonds. The van der Waals surface area contributed by atoms with Crippen LogP contribution in [-0.2, 0) is 14.3 Å². The van der Waals surface area contributed by atoms with Gasteiger partial charge in [-0.1, -0.05) is 49.6 Å². The summed E-state index contributed by atoms with van der Waals surface area (Å²) in [7, 11) is 1.39. The van der Waals surface area contributed by atoms with Gasteiger partial charge < -0.3 is 10.1 Å². The van der Waals surface area contributed by atoms with E-state index in [-0.39, 0.29) is 17.9 Å². The molecule has 8 heteroatoms. The van der Waals surface area contributed by atoms with Crippen molar-refractivity contribution in [3.63, 3.8) is 0 Å². The van der Waals surface area contributed by atoms with E-state index in [9.17, 15) is 9.59 Å². The zero-order valence-electron chi connectivity index (χ0n) is 24.4. The molecule has 0 saturated carbocycles. The summed E-state index contributed by atoms with van der Waals surface area (Å²) in [6.07, 6.45) is 12.2. The van der Waals surface area contributed by atoms with Gasteiger partial charge in [0.2, 0.25) is 0 Å². The fourth-order valence-electron chi connectivity index (χ4n) is 4.25. The molecule has 0 radical (unpaired) electrons.